The molecule has 1 saturated heterocycles. The molecular weight excluding hydrogens is 430 g/mol. The van der Waals surface area contributed by atoms with E-state index in [1.54, 1.807) is 31.3 Å². The predicted octanol–water partition coefficient (Wildman–Crippen LogP) is 2.84. The molecular formula is C24H32ClN3O4. The molecule has 7 nitrogen and oxygen atoms in total. The molecule has 1 aliphatic heterocycles. The number of aliphatic hydroxyl groups is 1. The van der Waals surface area contributed by atoms with Crippen LogP contribution in [0.25, 0.3) is 0 Å². The Kier molecular flexibility index (Phi) is 7.96. The molecule has 3 N–H and O–H groups in total. The minimum atomic E-state index is -0.841. The van der Waals surface area contributed by atoms with Gasteiger partial charge in [0, 0.05) is 13.0 Å². The Hall–Kier alpha value is -2.38. The number of likely N-dealkylation sites (tertiary alicyclic amines) is 1. The van der Waals surface area contributed by atoms with E-state index in [0.717, 1.165) is 12.8 Å². The van der Waals surface area contributed by atoms with E-state index in [1.165, 1.54) is 4.90 Å². The zero-order chi connectivity index (χ0) is 23.4. The highest BCUT2D eigenvalue weighted by Gasteiger charge is 2.58. The average molecular weight is 462 g/mol. The summed E-state index contributed by atoms with van der Waals surface area (Å²) in [6.07, 6.45) is 6.05. The number of nitrogens with zero attached hydrogens (tertiary/aromatic N) is 1. The van der Waals surface area contributed by atoms with Gasteiger partial charge in [0.05, 0.1) is 35.2 Å². The number of rotatable bonds is 8. The lowest BCUT2D eigenvalue weighted by Crippen LogP contribution is -2.50. The Balaban J connectivity index is 2.04. The van der Waals surface area contributed by atoms with E-state index in [1.807, 2.05) is 26.0 Å². The monoisotopic (exact) mass is 461 g/mol. The fourth-order valence-corrected chi connectivity index (χ4v) is 5.34. The number of carbonyl (C=O) groups is 3. The SMILES string of the molecule is CCC[C@@H]1C=C[C@H]2[C@@H](C(=O)N([C@@H](CC)CO)[C@@H]2C(=O)Nc2ccccc2Cl)[C@@H]1C(=O)NC. The van der Waals surface area contributed by atoms with E-state index in [0.29, 0.717) is 17.1 Å². The zero-order valence-corrected chi connectivity index (χ0v) is 19.5. The molecule has 174 valence electrons. The number of hydrogen-bond acceptors (Lipinski definition) is 4. The first-order valence-corrected chi connectivity index (χ1v) is 11.7. The highest BCUT2D eigenvalue weighted by molar-refractivity contribution is 6.33. The second kappa shape index (κ2) is 10.5. The van der Waals surface area contributed by atoms with Gasteiger partial charge in [0.1, 0.15) is 6.04 Å². The van der Waals surface area contributed by atoms with Crippen molar-refractivity contribution in [2.45, 2.75) is 45.2 Å². The molecule has 0 radical (unpaired) electrons. The number of aliphatic hydroxyl groups excluding tert-OH is 1. The smallest absolute Gasteiger partial charge is 0.247 e. The summed E-state index contributed by atoms with van der Waals surface area (Å²) in [4.78, 5) is 41.6. The largest absolute Gasteiger partial charge is 0.394 e. The minimum Gasteiger partial charge on any atom is -0.394 e. The molecule has 8 heteroatoms. The van der Waals surface area contributed by atoms with Crippen LogP contribution in [0.1, 0.15) is 33.1 Å². The lowest BCUT2D eigenvalue weighted by Gasteiger charge is -2.34. The first kappa shape index (κ1) is 24.3. The number of benzene rings is 1. The molecule has 3 amide bonds. The first-order valence-electron chi connectivity index (χ1n) is 11.3. The molecule has 0 spiro atoms. The molecule has 0 saturated carbocycles. The van der Waals surface area contributed by atoms with Crippen molar-refractivity contribution >= 4 is 35.0 Å². The van der Waals surface area contributed by atoms with Crippen LogP contribution in [0.3, 0.4) is 0 Å². The molecule has 1 heterocycles. The summed E-state index contributed by atoms with van der Waals surface area (Å²) in [5, 5.41) is 15.9. The molecule has 2 aliphatic rings. The standard InChI is InChI=1S/C24H32ClN3O4/c1-4-8-14-11-12-16-20(19(14)22(30)26-3)24(32)28(15(5-2)13-29)21(16)23(31)27-18-10-7-6-9-17(18)25/h6-7,9-12,14-16,19-21,29H,4-5,8,13H2,1-3H3,(H,26,30)(H,27,31)/t14-,15+,16+,19-,20-,21+/m1/s1. The van der Waals surface area contributed by atoms with Crippen LogP contribution in [0.2, 0.25) is 5.02 Å². The topological polar surface area (TPSA) is 98.7 Å². The van der Waals surface area contributed by atoms with Crippen LogP contribution in [0.4, 0.5) is 5.69 Å². The van der Waals surface area contributed by atoms with Crippen LogP contribution in [-0.2, 0) is 14.4 Å². The summed E-state index contributed by atoms with van der Waals surface area (Å²) in [7, 11) is 1.57. The predicted molar refractivity (Wildman–Crippen MR) is 124 cm³/mol. The van der Waals surface area contributed by atoms with Crippen LogP contribution in [0.5, 0.6) is 0 Å². The van der Waals surface area contributed by atoms with Crippen molar-refractivity contribution in [2.24, 2.45) is 23.7 Å². The van der Waals surface area contributed by atoms with Gasteiger partial charge in [-0.3, -0.25) is 14.4 Å². The van der Waals surface area contributed by atoms with E-state index in [4.69, 9.17) is 11.6 Å². The zero-order valence-electron chi connectivity index (χ0n) is 18.8. The highest BCUT2D eigenvalue weighted by atomic mass is 35.5. The van der Waals surface area contributed by atoms with Gasteiger partial charge in [-0.25, -0.2) is 0 Å². The highest BCUT2D eigenvalue weighted by Crippen LogP contribution is 2.46. The van der Waals surface area contributed by atoms with Gasteiger partial charge in [-0.15, -0.1) is 0 Å². The van der Waals surface area contributed by atoms with Gasteiger partial charge in [0.2, 0.25) is 17.7 Å². The van der Waals surface area contributed by atoms with Crippen molar-refractivity contribution in [3.8, 4) is 0 Å². The van der Waals surface area contributed by atoms with Crippen molar-refractivity contribution in [3.05, 3.63) is 41.4 Å². The molecule has 1 fully saturated rings. The van der Waals surface area contributed by atoms with Crippen molar-refractivity contribution in [3.63, 3.8) is 0 Å². The third-order valence-corrected chi connectivity index (χ3v) is 7.02. The molecule has 1 aliphatic carbocycles. The van der Waals surface area contributed by atoms with E-state index < -0.39 is 29.8 Å². The third-order valence-electron chi connectivity index (χ3n) is 6.69. The maximum Gasteiger partial charge on any atom is 0.247 e. The number of halogens is 1. The number of hydrogen-bond donors (Lipinski definition) is 3. The van der Waals surface area contributed by atoms with Crippen molar-refractivity contribution in [1.29, 1.82) is 0 Å². The number of nitrogens with one attached hydrogen (secondary N) is 2. The lowest BCUT2D eigenvalue weighted by molar-refractivity contribution is -0.142. The molecule has 1 aromatic carbocycles. The fraction of sp³-hybridized carbons (Fsp3) is 0.542. The van der Waals surface area contributed by atoms with Crippen LogP contribution >= 0.6 is 11.6 Å². The van der Waals surface area contributed by atoms with Crippen LogP contribution < -0.4 is 10.6 Å². The van der Waals surface area contributed by atoms with E-state index in [2.05, 4.69) is 10.6 Å². The Morgan fingerprint density at radius 3 is 2.50 bits per heavy atom. The minimum absolute atomic E-state index is 0.0772. The second-order valence-corrected chi connectivity index (χ2v) is 8.89. The van der Waals surface area contributed by atoms with E-state index in [9.17, 15) is 19.5 Å². The Morgan fingerprint density at radius 1 is 1.19 bits per heavy atom. The van der Waals surface area contributed by atoms with Gasteiger partial charge in [-0.2, -0.15) is 0 Å². The summed E-state index contributed by atoms with van der Waals surface area (Å²) in [6.45, 7) is 3.65. The number of carbonyl (C=O) groups excluding carboxylic acids is 3. The molecule has 6 atom stereocenters. The van der Waals surface area contributed by atoms with Gasteiger partial charge in [-0.1, -0.05) is 56.2 Å². The number of para-hydroxylation sites is 1. The van der Waals surface area contributed by atoms with Gasteiger partial charge in [0.15, 0.2) is 0 Å². The number of amides is 3. The van der Waals surface area contributed by atoms with Crippen LogP contribution in [-0.4, -0.2) is 53.5 Å². The Labute approximate surface area is 194 Å². The summed E-state index contributed by atoms with van der Waals surface area (Å²) < 4.78 is 0. The van der Waals surface area contributed by atoms with Crippen LogP contribution in [0, 0.1) is 23.7 Å². The van der Waals surface area contributed by atoms with Gasteiger partial charge in [-0.05, 0) is 30.9 Å². The summed E-state index contributed by atoms with van der Waals surface area (Å²) in [5.74, 6) is -2.58. The summed E-state index contributed by atoms with van der Waals surface area (Å²) >= 11 is 6.23. The fourth-order valence-electron chi connectivity index (χ4n) is 5.16. The summed E-state index contributed by atoms with van der Waals surface area (Å²) in [5.41, 5.74) is 0.457. The van der Waals surface area contributed by atoms with Crippen molar-refractivity contribution < 1.29 is 19.5 Å². The van der Waals surface area contributed by atoms with Crippen LogP contribution in [0.15, 0.2) is 36.4 Å². The maximum atomic E-state index is 13.7. The molecule has 0 aromatic heterocycles. The lowest BCUT2D eigenvalue weighted by atomic mass is 9.68. The average Bonchev–Trinajstić information content (AvgIpc) is 3.08. The molecule has 3 rings (SSSR count). The Morgan fingerprint density at radius 2 is 1.91 bits per heavy atom. The first-order chi connectivity index (χ1) is 15.4. The van der Waals surface area contributed by atoms with E-state index >= 15 is 0 Å². The summed E-state index contributed by atoms with van der Waals surface area (Å²) in [6, 6.07) is 5.55. The normalized spacial score (nSPS) is 27.7. The number of anilines is 1. The van der Waals surface area contributed by atoms with Gasteiger partial charge in [0.25, 0.3) is 0 Å². The number of allylic oxidation sites excluding steroid dienone is 1. The van der Waals surface area contributed by atoms with Crippen molar-refractivity contribution in [2.75, 3.05) is 19.0 Å². The molecule has 1 aromatic rings. The maximum absolute atomic E-state index is 13.7. The molecule has 0 bridgehead atoms. The Bertz CT molecular complexity index is 886. The molecule has 32 heavy (non-hydrogen) atoms. The molecule has 0 unspecified atom stereocenters. The van der Waals surface area contributed by atoms with Gasteiger partial charge < -0.3 is 20.6 Å². The number of fused-ring (bicyclic) bond motifs is 1. The van der Waals surface area contributed by atoms with Gasteiger partial charge >= 0.3 is 0 Å². The quantitative estimate of drug-likeness (QED) is 0.518. The van der Waals surface area contributed by atoms with E-state index in [-0.39, 0.29) is 30.2 Å². The second-order valence-electron chi connectivity index (χ2n) is 8.48. The third kappa shape index (κ3) is 4.41. The van der Waals surface area contributed by atoms with Crippen molar-refractivity contribution in [1.82, 2.24) is 10.2 Å².